The van der Waals surface area contributed by atoms with Gasteiger partial charge in [-0.05, 0) is 60.2 Å². The molecule has 0 spiro atoms. The second kappa shape index (κ2) is 10.6. The summed E-state index contributed by atoms with van der Waals surface area (Å²) < 4.78 is 26.2. The van der Waals surface area contributed by atoms with E-state index >= 15 is 0 Å². The first-order chi connectivity index (χ1) is 17.5. The number of nitrogen functional groups attached to an aromatic ring is 1. The van der Waals surface area contributed by atoms with Gasteiger partial charge in [0.05, 0.1) is 6.61 Å². The quantitative estimate of drug-likeness (QED) is 0.488. The summed E-state index contributed by atoms with van der Waals surface area (Å²) in [7, 11) is 1.72. The Kier molecular flexibility index (Phi) is 7.16. The van der Waals surface area contributed by atoms with Crippen molar-refractivity contribution in [3.63, 3.8) is 0 Å². The summed E-state index contributed by atoms with van der Waals surface area (Å²) in [5.74, 6) is 0.192. The van der Waals surface area contributed by atoms with E-state index in [1.807, 2.05) is 36.4 Å². The molecule has 1 aromatic heterocycles. The number of aromatic nitrogens is 1. The van der Waals surface area contributed by atoms with Crippen molar-refractivity contribution in [1.82, 2.24) is 15.2 Å². The van der Waals surface area contributed by atoms with Crippen LogP contribution < -0.4 is 15.8 Å². The van der Waals surface area contributed by atoms with E-state index in [1.54, 1.807) is 19.2 Å². The van der Waals surface area contributed by atoms with Crippen molar-refractivity contribution < 1.29 is 18.7 Å². The van der Waals surface area contributed by atoms with E-state index in [4.69, 9.17) is 15.2 Å². The van der Waals surface area contributed by atoms with E-state index in [-0.39, 0.29) is 17.8 Å². The summed E-state index contributed by atoms with van der Waals surface area (Å²) in [5.41, 5.74) is 10.2. The van der Waals surface area contributed by atoms with Crippen LogP contribution in [0.3, 0.4) is 0 Å². The highest BCUT2D eigenvalue weighted by Crippen LogP contribution is 2.34. The van der Waals surface area contributed by atoms with Crippen molar-refractivity contribution in [2.75, 3.05) is 45.6 Å². The fraction of sp³-hybridized carbons (Fsp3) is 0.357. The smallest absolute Gasteiger partial charge is 0.251 e. The summed E-state index contributed by atoms with van der Waals surface area (Å²) in [4.78, 5) is 18.4. The van der Waals surface area contributed by atoms with Gasteiger partial charge in [0.25, 0.3) is 5.91 Å². The standard InChI is InChI=1S/C28H31FN4O3/c1-35-15-14-33-12-9-22(10-13-33)36-21-5-2-18(3-6-21)24-17-25(27(30)32-26(24)29)19-4-7-23-20(16-19)8-11-31-28(23)34/h2-7,16-17,22H,8-15H2,1H3,(H2,30,32)(H,31,34). The minimum Gasteiger partial charge on any atom is -0.490 e. The molecule has 0 saturated carbocycles. The number of methoxy groups -OCH3 is 1. The lowest BCUT2D eigenvalue weighted by Gasteiger charge is -2.31. The molecule has 5 rings (SSSR count). The average molecular weight is 491 g/mol. The van der Waals surface area contributed by atoms with E-state index in [2.05, 4.69) is 15.2 Å². The van der Waals surface area contributed by atoms with E-state index in [9.17, 15) is 9.18 Å². The Labute approximate surface area is 210 Å². The second-order valence-electron chi connectivity index (χ2n) is 9.31. The number of anilines is 1. The number of nitrogens with one attached hydrogen (secondary N) is 1. The normalized spacial score (nSPS) is 16.4. The molecule has 1 saturated heterocycles. The van der Waals surface area contributed by atoms with E-state index in [0.29, 0.717) is 28.8 Å². The van der Waals surface area contributed by atoms with Gasteiger partial charge < -0.3 is 25.4 Å². The van der Waals surface area contributed by atoms with Crippen LogP contribution >= 0.6 is 0 Å². The van der Waals surface area contributed by atoms with Gasteiger partial charge in [-0.3, -0.25) is 4.79 Å². The minimum absolute atomic E-state index is 0.0763. The van der Waals surface area contributed by atoms with E-state index in [1.165, 1.54) is 0 Å². The fourth-order valence-corrected chi connectivity index (χ4v) is 4.91. The molecule has 2 aliphatic rings. The Morgan fingerprint density at radius 3 is 2.56 bits per heavy atom. The van der Waals surface area contributed by atoms with E-state index < -0.39 is 5.95 Å². The van der Waals surface area contributed by atoms with Crippen molar-refractivity contribution >= 4 is 11.7 Å². The van der Waals surface area contributed by atoms with Crippen LogP contribution in [0.5, 0.6) is 5.75 Å². The number of rotatable bonds is 7. The molecule has 0 aliphatic carbocycles. The zero-order chi connectivity index (χ0) is 25.1. The number of piperidine rings is 1. The Morgan fingerprint density at radius 1 is 1.06 bits per heavy atom. The molecular weight excluding hydrogens is 459 g/mol. The number of fused-ring (bicyclic) bond motifs is 1. The molecule has 8 heteroatoms. The van der Waals surface area contributed by atoms with Gasteiger partial charge >= 0.3 is 0 Å². The molecule has 3 aromatic rings. The van der Waals surface area contributed by atoms with Gasteiger partial charge in [-0.1, -0.05) is 24.3 Å². The molecule has 3 N–H and O–H groups in total. The summed E-state index contributed by atoms with van der Waals surface area (Å²) >= 11 is 0. The molecule has 2 aliphatic heterocycles. The van der Waals surface area contributed by atoms with Gasteiger partial charge in [0.1, 0.15) is 17.7 Å². The lowest BCUT2D eigenvalue weighted by Crippen LogP contribution is -2.39. The van der Waals surface area contributed by atoms with Gasteiger partial charge in [-0.25, -0.2) is 4.98 Å². The maximum atomic E-state index is 14.9. The predicted molar refractivity (Wildman–Crippen MR) is 137 cm³/mol. The van der Waals surface area contributed by atoms with Crippen molar-refractivity contribution in [2.24, 2.45) is 0 Å². The van der Waals surface area contributed by atoms with Crippen LogP contribution in [0.25, 0.3) is 22.3 Å². The number of halogens is 1. The number of nitrogens with two attached hydrogens (primary N) is 1. The van der Waals surface area contributed by atoms with Gasteiger partial charge in [-0.15, -0.1) is 0 Å². The molecule has 0 radical (unpaired) electrons. The van der Waals surface area contributed by atoms with Crippen LogP contribution in [0.1, 0.15) is 28.8 Å². The molecule has 3 heterocycles. The molecular formula is C28H31FN4O3. The zero-order valence-corrected chi connectivity index (χ0v) is 20.4. The Hall–Kier alpha value is -3.49. The zero-order valence-electron chi connectivity index (χ0n) is 20.4. The van der Waals surface area contributed by atoms with Crippen LogP contribution in [-0.4, -0.2) is 61.8 Å². The lowest BCUT2D eigenvalue weighted by atomic mass is 9.94. The first-order valence-electron chi connectivity index (χ1n) is 12.4. The molecule has 7 nitrogen and oxygen atoms in total. The maximum absolute atomic E-state index is 14.9. The average Bonchev–Trinajstić information content (AvgIpc) is 2.89. The highest BCUT2D eigenvalue weighted by Gasteiger charge is 2.21. The van der Waals surface area contributed by atoms with Crippen molar-refractivity contribution in [3.8, 4) is 28.0 Å². The summed E-state index contributed by atoms with van der Waals surface area (Å²) in [6.45, 7) is 4.27. The number of carbonyl (C=O) groups excluding carboxylic acids is 1. The van der Waals surface area contributed by atoms with Crippen LogP contribution in [0, 0.1) is 5.95 Å². The number of pyridine rings is 1. The van der Waals surface area contributed by atoms with Crippen LogP contribution in [-0.2, 0) is 11.2 Å². The molecule has 2 aromatic carbocycles. The number of ether oxygens (including phenoxy) is 2. The largest absolute Gasteiger partial charge is 0.490 e. The Morgan fingerprint density at radius 2 is 1.81 bits per heavy atom. The Bertz CT molecular complexity index is 1240. The monoisotopic (exact) mass is 490 g/mol. The Balaban J connectivity index is 1.32. The lowest BCUT2D eigenvalue weighted by molar-refractivity contribution is 0.0797. The highest BCUT2D eigenvalue weighted by molar-refractivity contribution is 5.97. The minimum atomic E-state index is -0.620. The summed E-state index contributed by atoms with van der Waals surface area (Å²) in [6, 6.07) is 14.7. The molecule has 0 atom stereocenters. The highest BCUT2D eigenvalue weighted by atomic mass is 19.1. The fourth-order valence-electron chi connectivity index (χ4n) is 4.91. The number of nitrogens with zero attached hydrogens (tertiary/aromatic N) is 2. The van der Waals surface area contributed by atoms with Gasteiger partial charge in [-0.2, -0.15) is 4.39 Å². The van der Waals surface area contributed by atoms with Crippen molar-refractivity contribution in [1.29, 1.82) is 0 Å². The number of benzene rings is 2. The summed E-state index contributed by atoms with van der Waals surface area (Å²) in [5, 5.41) is 2.84. The topological polar surface area (TPSA) is 89.7 Å². The van der Waals surface area contributed by atoms with Gasteiger partial charge in [0.2, 0.25) is 5.95 Å². The first kappa shape index (κ1) is 24.2. The van der Waals surface area contributed by atoms with Gasteiger partial charge in [0, 0.05) is 50.0 Å². The maximum Gasteiger partial charge on any atom is 0.251 e. The van der Waals surface area contributed by atoms with Crippen LogP contribution in [0.4, 0.5) is 10.2 Å². The molecule has 1 fully saturated rings. The van der Waals surface area contributed by atoms with Crippen LogP contribution in [0.2, 0.25) is 0 Å². The van der Waals surface area contributed by atoms with Crippen molar-refractivity contribution in [3.05, 3.63) is 65.6 Å². The van der Waals surface area contributed by atoms with Crippen LogP contribution in [0.15, 0.2) is 48.5 Å². The number of carbonyl (C=O) groups is 1. The van der Waals surface area contributed by atoms with Gasteiger partial charge in [0.15, 0.2) is 0 Å². The number of likely N-dealkylation sites (tertiary alicyclic amines) is 1. The SMILES string of the molecule is COCCN1CCC(Oc2ccc(-c3cc(-c4ccc5c(c4)CCNC5=O)c(N)nc3F)cc2)CC1. The number of hydrogen-bond acceptors (Lipinski definition) is 6. The third-order valence-corrected chi connectivity index (χ3v) is 6.96. The third-order valence-electron chi connectivity index (χ3n) is 6.96. The van der Waals surface area contributed by atoms with E-state index in [0.717, 1.165) is 62.4 Å². The third kappa shape index (κ3) is 5.20. The molecule has 0 bridgehead atoms. The first-order valence-corrected chi connectivity index (χ1v) is 12.4. The predicted octanol–water partition coefficient (Wildman–Crippen LogP) is 3.91. The molecule has 0 unspecified atom stereocenters. The second-order valence-corrected chi connectivity index (χ2v) is 9.31. The molecule has 188 valence electrons. The molecule has 1 amide bonds. The molecule has 36 heavy (non-hydrogen) atoms. The summed E-state index contributed by atoms with van der Waals surface area (Å²) in [6.07, 6.45) is 2.84. The van der Waals surface area contributed by atoms with Crippen molar-refractivity contribution in [2.45, 2.75) is 25.4 Å². The number of amides is 1. The number of hydrogen-bond donors (Lipinski definition) is 2.